The van der Waals surface area contributed by atoms with Crippen LogP contribution in [0.5, 0.6) is 0 Å². The summed E-state index contributed by atoms with van der Waals surface area (Å²) in [6, 6.07) is 8.84. The van der Waals surface area contributed by atoms with E-state index in [0.29, 0.717) is 0 Å². The number of aromatic nitrogens is 1. The van der Waals surface area contributed by atoms with Crippen molar-refractivity contribution < 1.29 is 0 Å². The highest BCUT2D eigenvalue weighted by Crippen LogP contribution is 2.25. The fourth-order valence-electron chi connectivity index (χ4n) is 2.22. The summed E-state index contributed by atoms with van der Waals surface area (Å²) < 4.78 is 0. The van der Waals surface area contributed by atoms with E-state index in [0.717, 1.165) is 19.5 Å². The second-order valence-corrected chi connectivity index (χ2v) is 5.09. The molecule has 0 saturated heterocycles. The smallest absolute Gasteiger partial charge is 0.0346 e. The molecule has 19 heavy (non-hydrogen) atoms. The maximum atomic E-state index is 4.31. The quantitative estimate of drug-likeness (QED) is 0.819. The number of nitrogens with zero attached hydrogens (tertiary/aromatic N) is 1. The Bertz CT molecular complexity index is 547. The van der Waals surface area contributed by atoms with Crippen molar-refractivity contribution in [2.45, 2.75) is 33.7 Å². The zero-order chi connectivity index (χ0) is 13.7. The van der Waals surface area contributed by atoms with Crippen molar-refractivity contribution in [3.63, 3.8) is 0 Å². The predicted molar refractivity (Wildman–Crippen MR) is 81.1 cm³/mol. The van der Waals surface area contributed by atoms with Gasteiger partial charge in [0.05, 0.1) is 0 Å². The molecule has 2 rings (SSSR count). The van der Waals surface area contributed by atoms with Gasteiger partial charge in [0.25, 0.3) is 0 Å². The maximum Gasteiger partial charge on any atom is 0.0346 e. The molecular formula is C17H22N2. The lowest BCUT2D eigenvalue weighted by Crippen LogP contribution is -2.14. The van der Waals surface area contributed by atoms with Crippen molar-refractivity contribution in [3.05, 3.63) is 53.3 Å². The van der Waals surface area contributed by atoms with Crippen LogP contribution in [0, 0.1) is 13.8 Å². The van der Waals surface area contributed by atoms with E-state index in [2.05, 4.69) is 55.3 Å². The monoisotopic (exact) mass is 254 g/mol. The number of aryl methyl sites for hydroxylation is 2. The second-order valence-electron chi connectivity index (χ2n) is 5.09. The van der Waals surface area contributed by atoms with Crippen LogP contribution >= 0.6 is 0 Å². The Labute approximate surface area is 115 Å². The lowest BCUT2D eigenvalue weighted by molar-refractivity contribution is 0.676. The fraction of sp³-hybridized carbons (Fsp3) is 0.353. The van der Waals surface area contributed by atoms with Crippen molar-refractivity contribution in [1.82, 2.24) is 10.3 Å². The van der Waals surface area contributed by atoms with Crippen molar-refractivity contribution in [3.8, 4) is 11.1 Å². The zero-order valence-electron chi connectivity index (χ0n) is 12.0. The van der Waals surface area contributed by atoms with Crippen LogP contribution in [0.25, 0.3) is 11.1 Å². The van der Waals surface area contributed by atoms with E-state index >= 15 is 0 Å². The summed E-state index contributed by atoms with van der Waals surface area (Å²) in [5, 5.41) is 3.48. The van der Waals surface area contributed by atoms with Crippen molar-refractivity contribution in [2.75, 3.05) is 6.54 Å². The Morgan fingerprint density at radius 1 is 1.05 bits per heavy atom. The molecule has 2 nitrogen and oxygen atoms in total. The first kappa shape index (κ1) is 13.8. The molecule has 0 aliphatic rings. The summed E-state index contributed by atoms with van der Waals surface area (Å²) in [5.41, 5.74) is 6.32. The number of benzene rings is 1. The lowest BCUT2D eigenvalue weighted by Gasteiger charge is -2.12. The Morgan fingerprint density at radius 2 is 1.89 bits per heavy atom. The number of rotatable bonds is 5. The molecule has 1 aromatic heterocycles. The summed E-state index contributed by atoms with van der Waals surface area (Å²) in [6.45, 7) is 8.38. The molecule has 0 fully saturated rings. The van der Waals surface area contributed by atoms with Gasteiger partial charge in [-0.3, -0.25) is 4.98 Å². The summed E-state index contributed by atoms with van der Waals surface area (Å²) in [4.78, 5) is 4.31. The molecule has 2 aromatic rings. The molecule has 0 unspecified atom stereocenters. The minimum Gasteiger partial charge on any atom is -0.313 e. The normalized spacial score (nSPS) is 10.7. The van der Waals surface area contributed by atoms with E-state index in [-0.39, 0.29) is 0 Å². The van der Waals surface area contributed by atoms with E-state index in [1.807, 2.05) is 12.4 Å². The average molecular weight is 254 g/mol. The van der Waals surface area contributed by atoms with Crippen LogP contribution in [0.2, 0.25) is 0 Å². The fourth-order valence-corrected chi connectivity index (χ4v) is 2.22. The largest absolute Gasteiger partial charge is 0.313 e. The third-order valence-electron chi connectivity index (χ3n) is 3.19. The Morgan fingerprint density at radius 3 is 2.63 bits per heavy atom. The third kappa shape index (κ3) is 3.65. The van der Waals surface area contributed by atoms with E-state index in [4.69, 9.17) is 0 Å². The molecule has 0 spiro atoms. The van der Waals surface area contributed by atoms with Crippen LogP contribution < -0.4 is 5.32 Å². The molecule has 0 atom stereocenters. The minimum absolute atomic E-state index is 0.914. The van der Waals surface area contributed by atoms with Crippen LogP contribution in [0.1, 0.15) is 30.0 Å². The van der Waals surface area contributed by atoms with Gasteiger partial charge in [-0.05, 0) is 49.6 Å². The summed E-state index contributed by atoms with van der Waals surface area (Å²) >= 11 is 0. The van der Waals surface area contributed by atoms with Gasteiger partial charge < -0.3 is 5.32 Å². The van der Waals surface area contributed by atoms with Crippen LogP contribution in [0.4, 0.5) is 0 Å². The van der Waals surface area contributed by atoms with Gasteiger partial charge in [0.15, 0.2) is 0 Å². The van der Waals surface area contributed by atoms with Crippen LogP contribution in [0.15, 0.2) is 36.7 Å². The SMILES string of the molecule is CCCNCc1ccc(C)cc1-c1cncc(C)c1. The zero-order valence-corrected chi connectivity index (χ0v) is 12.0. The average Bonchev–Trinajstić information content (AvgIpc) is 2.40. The second kappa shape index (κ2) is 6.48. The van der Waals surface area contributed by atoms with Crippen molar-refractivity contribution in [2.24, 2.45) is 0 Å². The number of hydrogen-bond acceptors (Lipinski definition) is 2. The van der Waals surface area contributed by atoms with Gasteiger partial charge in [-0.25, -0.2) is 0 Å². The topological polar surface area (TPSA) is 24.9 Å². The summed E-state index contributed by atoms with van der Waals surface area (Å²) in [5.74, 6) is 0. The molecule has 2 heteroatoms. The van der Waals surface area contributed by atoms with Crippen LogP contribution in [0.3, 0.4) is 0 Å². The Balaban J connectivity index is 2.34. The van der Waals surface area contributed by atoms with Crippen LogP contribution in [-0.4, -0.2) is 11.5 Å². The first-order valence-electron chi connectivity index (χ1n) is 6.93. The molecule has 100 valence electrons. The lowest BCUT2D eigenvalue weighted by atomic mass is 9.98. The van der Waals surface area contributed by atoms with Gasteiger partial charge in [0.1, 0.15) is 0 Å². The Hall–Kier alpha value is -1.67. The van der Waals surface area contributed by atoms with Gasteiger partial charge in [-0.1, -0.05) is 30.7 Å². The van der Waals surface area contributed by atoms with Crippen LogP contribution in [-0.2, 0) is 6.54 Å². The standard InChI is InChI=1S/C17H22N2/c1-4-7-18-11-15-6-5-13(2)9-17(15)16-8-14(3)10-19-12-16/h5-6,8-10,12,18H,4,7,11H2,1-3H3. The third-order valence-corrected chi connectivity index (χ3v) is 3.19. The van der Waals surface area contributed by atoms with Gasteiger partial charge in [0, 0.05) is 24.5 Å². The number of pyridine rings is 1. The van der Waals surface area contributed by atoms with E-state index in [1.54, 1.807) is 0 Å². The first-order chi connectivity index (χ1) is 9.20. The molecule has 1 heterocycles. The van der Waals surface area contributed by atoms with E-state index in [1.165, 1.54) is 27.8 Å². The Kier molecular flexibility index (Phi) is 4.69. The molecule has 1 aromatic carbocycles. The predicted octanol–water partition coefficient (Wildman–Crippen LogP) is 3.87. The molecule has 0 amide bonds. The molecule has 0 aliphatic heterocycles. The molecular weight excluding hydrogens is 232 g/mol. The van der Waals surface area contributed by atoms with Crippen molar-refractivity contribution in [1.29, 1.82) is 0 Å². The highest BCUT2D eigenvalue weighted by Gasteiger charge is 2.06. The van der Waals surface area contributed by atoms with Gasteiger partial charge >= 0.3 is 0 Å². The highest BCUT2D eigenvalue weighted by atomic mass is 14.8. The number of hydrogen-bond donors (Lipinski definition) is 1. The molecule has 0 aliphatic carbocycles. The minimum atomic E-state index is 0.914. The first-order valence-corrected chi connectivity index (χ1v) is 6.93. The van der Waals surface area contributed by atoms with E-state index < -0.39 is 0 Å². The maximum absolute atomic E-state index is 4.31. The summed E-state index contributed by atoms with van der Waals surface area (Å²) in [6.07, 6.45) is 5.01. The molecule has 0 bridgehead atoms. The van der Waals surface area contributed by atoms with Gasteiger partial charge in [0.2, 0.25) is 0 Å². The van der Waals surface area contributed by atoms with Gasteiger partial charge in [-0.2, -0.15) is 0 Å². The molecule has 0 saturated carbocycles. The number of nitrogens with one attached hydrogen (secondary N) is 1. The van der Waals surface area contributed by atoms with E-state index in [9.17, 15) is 0 Å². The molecule has 1 N–H and O–H groups in total. The molecule has 0 radical (unpaired) electrons. The van der Waals surface area contributed by atoms with Crippen molar-refractivity contribution >= 4 is 0 Å². The highest BCUT2D eigenvalue weighted by molar-refractivity contribution is 5.67. The summed E-state index contributed by atoms with van der Waals surface area (Å²) in [7, 11) is 0. The van der Waals surface area contributed by atoms with Gasteiger partial charge in [-0.15, -0.1) is 0 Å².